The molecule has 0 bridgehead atoms. The van der Waals surface area contributed by atoms with Crippen LogP contribution in [0.1, 0.15) is 27.9 Å². The first-order valence-corrected chi connectivity index (χ1v) is 9.08. The number of Topliss-reactive ketones (excluding diaryl/α,β-unsaturated/α-hetero) is 1. The molecule has 29 heavy (non-hydrogen) atoms. The number of ether oxygens (including phenoxy) is 1. The van der Waals surface area contributed by atoms with E-state index in [0.717, 1.165) is 11.1 Å². The normalized spacial score (nSPS) is 16.0. The fraction of sp³-hybridized carbons (Fsp3) is 0.286. The van der Waals surface area contributed by atoms with Crippen molar-refractivity contribution in [2.45, 2.75) is 20.3 Å². The lowest BCUT2D eigenvalue weighted by Crippen LogP contribution is -2.27. The minimum atomic E-state index is -0.727. The number of non-ortho nitro benzene ring substituents is 1. The van der Waals surface area contributed by atoms with E-state index in [1.165, 1.54) is 23.1 Å². The van der Waals surface area contributed by atoms with Crippen LogP contribution in [0.2, 0.25) is 0 Å². The Kier molecular flexibility index (Phi) is 5.72. The molecule has 0 unspecified atom stereocenters. The zero-order valence-corrected chi connectivity index (χ0v) is 16.1. The van der Waals surface area contributed by atoms with Crippen molar-refractivity contribution in [1.82, 2.24) is 0 Å². The molecule has 3 rings (SSSR count). The Hall–Kier alpha value is -3.55. The number of carbonyl (C=O) groups is 3. The number of hydrogen-bond donors (Lipinski definition) is 0. The molecule has 0 saturated carbocycles. The van der Waals surface area contributed by atoms with Crippen LogP contribution >= 0.6 is 0 Å². The van der Waals surface area contributed by atoms with Crippen molar-refractivity contribution in [3.05, 3.63) is 69.3 Å². The van der Waals surface area contributed by atoms with E-state index in [1.807, 2.05) is 19.9 Å². The molecule has 8 nitrogen and oxygen atoms in total. The first-order chi connectivity index (χ1) is 13.8. The Morgan fingerprint density at radius 3 is 2.62 bits per heavy atom. The van der Waals surface area contributed by atoms with Gasteiger partial charge in [-0.25, -0.2) is 0 Å². The predicted molar refractivity (Wildman–Crippen MR) is 105 cm³/mol. The summed E-state index contributed by atoms with van der Waals surface area (Å²) in [5.41, 5.74) is 2.70. The second-order valence-electron chi connectivity index (χ2n) is 7.01. The van der Waals surface area contributed by atoms with Gasteiger partial charge in [0.15, 0.2) is 12.4 Å². The van der Waals surface area contributed by atoms with Gasteiger partial charge in [0.05, 0.1) is 16.5 Å². The number of amides is 1. The van der Waals surface area contributed by atoms with Crippen molar-refractivity contribution >= 4 is 29.0 Å². The summed E-state index contributed by atoms with van der Waals surface area (Å²) >= 11 is 0. The van der Waals surface area contributed by atoms with Crippen LogP contribution in [-0.2, 0) is 14.3 Å². The van der Waals surface area contributed by atoms with Gasteiger partial charge in [0.25, 0.3) is 5.69 Å². The Morgan fingerprint density at radius 1 is 1.17 bits per heavy atom. The van der Waals surface area contributed by atoms with E-state index < -0.39 is 23.4 Å². The maximum absolute atomic E-state index is 12.3. The van der Waals surface area contributed by atoms with Gasteiger partial charge >= 0.3 is 5.97 Å². The van der Waals surface area contributed by atoms with E-state index in [1.54, 1.807) is 18.2 Å². The molecule has 1 atom stereocenters. The third-order valence-electron chi connectivity index (χ3n) is 4.99. The standard InChI is InChI=1S/C21H20N2O6/c1-13-6-7-15(8-14(13)2)19(24)12-29-21(26)16-9-20(25)22(11-16)17-4-3-5-18(10-17)23(27)28/h3-8,10,16H,9,11-12H2,1-2H3/t16-/m1/s1. The van der Waals surface area contributed by atoms with Crippen LogP contribution in [0.25, 0.3) is 0 Å². The number of anilines is 1. The Balaban J connectivity index is 1.61. The van der Waals surface area contributed by atoms with Gasteiger partial charge in [0.2, 0.25) is 5.91 Å². The maximum atomic E-state index is 12.3. The molecule has 1 heterocycles. The smallest absolute Gasteiger partial charge is 0.311 e. The Bertz CT molecular complexity index is 1000. The molecule has 1 saturated heterocycles. The molecule has 8 heteroatoms. The highest BCUT2D eigenvalue weighted by Gasteiger charge is 2.36. The SMILES string of the molecule is Cc1ccc(C(=O)COC(=O)[C@@H]2CC(=O)N(c3cccc([N+](=O)[O-])c3)C2)cc1C. The number of ketones is 1. The van der Waals surface area contributed by atoms with Gasteiger partial charge in [0, 0.05) is 30.7 Å². The molecular formula is C21H20N2O6. The number of aryl methyl sites for hydroxylation is 2. The second kappa shape index (κ2) is 8.22. The Morgan fingerprint density at radius 2 is 1.93 bits per heavy atom. The molecule has 0 N–H and O–H groups in total. The van der Waals surface area contributed by atoms with Crippen LogP contribution < -0.4 is 4.90 Å². The number of nitro groups is 1. The number of rotatable bonds is 6. The van der Waals surface area contributed by atoms with Crippen molar-refractivity contribution in [1.29, 1.82) is 0 Å². The predicted octanol–water partition coefficient (Wildman–Crippen LogP) is 2.99. The number of nitrogens with zero attached hydrogens (tertiary/aromatic N) is 2. The molecule has 0 spiro atoms. The molecule has 1 aliphatic heterocycles. The van der Waals surface area contributed by atoms with E-state index in [0.29, 0.717) is 11.3 Å². The lowest BCUT2D eigenvalue weighted by molar-refractivity contribution is -0.384. The highest BCUT2D eigenvalue weighted by molar-refractivity contribution is 6.01. The first-order valence-electron chi connectivity index (χ1n) is 9.08. The van der Waals surface area contributed by atoms with E-state index >= 15 is 0 Å². The minimum absolute atomic E-state index is 0.0522. The van der Waals surface area contributed by atoms with Crippen molar-refractivity contribution in [3.63, 3.8) is 0 Å². The van der Waals surface area contributed by atoms with Gasteiger partial charge in [-0.15, -0.1) is 0 Å². The highest BCUT2D eigenvalue weighted by atomic mass is 16.6. The summed E-state index contributed by atoms with van der Waals surface area (Å²) in [4.78, 5) is 48.6. The number of esters is 1. The molecule has 0 aromatic heterocycles. The fourth-order valence-corrected chi connectivity index (χ4v) is 3.14. The van der Waals surface area contributed by atoms with Crippen LogP contribution in [0.3, 0.4) is 0 Å². The molecule has 2 aromatic carbocycles. The summed E-state index contributed by atoms with van der Waals surface area (Å²) in [6.07, 6.45) is -0.0701. The molecule has 150 valence electrons. The summed E-state index contributed by atoms with van der Waals surface area (Å²) in [5, 5.41) is 10.9. The summed E-state index contributed by atoms with van der Waals surface area (Å²) in [6, 6.07) is 10.9. The van der Waals surface area contributed by atoms with E-state index in [2.05, 4.69) is 0 Å². The number of carbonyl (C=O) groups excluding carboxylic acids is 3. The van der Waals surface area contributed by atoms with E-state index in [-0.39, 0.29) is 30.3 Å². The fourth-order valence-electron chi connectivity index (χ4n) is 3.14. The zero-order valence-electron chi connectivity index (χ0n) is 16.1. The molecule has 0 aliphatic carbocycles. The average Bonchev–Trinajstić information content (AvgIpc) is 3.09. The van der Waals surface area contributed by atoms with Crippen LogP contribution in [0, 0.1) is 29.9 Å². The van der Waals surface area contributed by atoms with Crippen LogP contribution in [0.4, 0.5) is 11.4 Å². The molecule has 1 amide bonds. The second-order valence-corrected chi connectivity index (χ2v) is 7.01. The van der Waals surface area contributed by atoms with Crippen LogP contribution in [0.15, 0.2) is 42.5 Å². The number of benzene rings is 2. The molecule has 0 radical (unpaired) electrons. The van der Waals surface area contributed by atoms with E-state index in [4.69, 9.17) is 4.74 Å². The molecule has 1 fully saturated rings. The van der Waals surface area contributed by atoms with Gasteiger partial charge in [-0.1, -0.05) is 18.2 Å². The maximum Gasteiger partial charge on any atom is 0.311 e. The quantitative estimate of drug-likeness (QED) is 0.322. The van der Waals surface area contributed by atoms with Crippen molar-refractivity contribution in [3.8, 4) is 0 Å². The summed E-state index contributed by atoms with van der Waals surface area (Å²) in [7, 11) is 0. The highest BCUT2D eigenvalue weighted by Crippen LogP contribution is 2.28. The Labute approximate surface area is 167 Å². The number of hydrogen-bond acceptors (Lipinski definition) is 6. The lowest BCUT2D eigenvalue weighted by atomic mass is 10.0. The van der Waals surface area contributed by atoms with Crippen LogP contribution in [-0.4, -0.2) is 35.7 Å². The van der Waals surface area contributed by atoms with Gasteiger partial charge < -0.3 is 9.64 Å². The van der Waals surface area contributed by atoms with Gasteiger partial charge in [-0.2, -0.15) is 0 Å². The van der Waals surface area contributed by atoms with Gasteiger partial charge in [-0.05, 0) is 37.1 Å². The third kappa shape index (κ3) is 4.48. The molecular weight excluding hydrogens is 376 g/mol. The van der Waals surface area contributed by atoms with Crippen LogP contribution in [0.5, 0.6) is 0 Å². The zero-order chi connectivity index (χ0) is 21.1. The monoisotopic (exact) mass is 396 g/mol. The third-order valence-corrected chi connectivity index (χ3v) is 4.99. The minimum Gasteiger partial charge on any atom is -0.457 e. The summed E-state index contributed by atoms with van der Waals surface area (Å²) in [6.45, 7) is 3.48. The topological polar surface area (TPSA) is 107 Å². The number of nitro benzene ring substituents is 1. The van der Waals surface area contributed by atoms with Crippen molar-refractivity contribution < 1.29 is 24.0 Å². The first kappa shape index (κ1) is 20.2. The molecule has 1 aliphatic rings. The van der Waals surface area contributed by atoms with Crippen molar-refractivity contribution in [2.24, 2.45) is 5.92 Å². The lowest BCUT2D eigenvalue weighted by Gasteiger charge is -2.16. The summed E-state index contributed by atoms with van der Waals surface area (Å²) in [5.74, 6) is -2.01. The average molecular weight is 396 g/mol. The van der Waals surface area contributed by atoms with Gasteiger partial charge in [-0.3, -0.25) is 24.5 Å². The molecule has 2 aromatic rings. The van der Waals surface area contributed by atoms with Crippen molar-refractivity contribution in [2.75, 3.05) is 18.1 Å². The van der Waals surface area contributed by atoms with Gasteiger partial charge in [0.1, 0.15) is 0 Å². The van der Waals surface area contributed by atoms with E-state index in [9.17, 15) is 24.5 Å². The summed E-state index contributed by atoms with van der Waals surface area (Å²) < 4.78 is 5.13. The largest absolute Gasteiger partial charge is 0.457 e.